The highest BCUT2D eigenvalue weighted by molar-refractivity contribution is 7.87. The molecule has 3 aromatic carbocycles. The van der Waals surface area contributed by atoms with E-state index < -0.39 is 10.1 Å². The fourth-order valence-corrected chi connectivity index (χ4v) is 3.61. The minimum atomic E-state index is -3.83. The Labute approximate surface area is 161 Å². The quantitative estimate of drug-likeness (QED) is 0.607. The van der Waals surface area contributed by atoms with Gasteiger partial charge < -0.3 is 9.50 Å². The van der Waals surface area contributed by atoms with Crippen molar-refractivity contribution in [1.29, 1.82) is 0 Å². The van der Waals surface area contributed by atoms with Gasteiger partial charge in [0.15, 0.2) is 0 Å². The highest BCUT2D eigenvalue weighted by Gasteiger charge is 2.16. The fourth-order valence-electron chi connectivity index (χ4n) is 2.68. The molecule has 0 fully saturated rings. The van der Waals surface area contributed by atoms with Gasteiger partial charge in [0, 0.05) is 12.6 Å². The van der Waals surface area contributed by atoms with Crippen LogP contribution in [0.3, 0.4) is 0 Å². The van der Waals surface area contributed by atoms with E-state index in [1.165, 1.54) is 5.56 Å². The predicted octanol–water partition coefficient (Wildman–Crippen LogP) is 4.61. The number of rotatable bonds is 7. The molecule has 1 atom stereocenters. The summed E-state index contributed by atoms with van der Waals surface area (Å²) in [4.78, 5) is 0.148. The van der Waals surface area contributed by atoms with Crippen LogP contribution in [-0.4, -0.2) is 8.42 Å². The Balaban J connectivity index is 1.63. The Morgan fingerprint density at radius 1 is 0.889 bits per heavy atom. The Hall–Kier alpha value is -2.63. The zero-order valence-corrected chi connectivity index (χ0v) is 16.2. The van der Waals surface area contributed by atoms with Gasteiger partial charge in [0.25, 0.3) is 0 Å². The van der Waals surface area contributed by atoms with Crippen LogP contribution in [0.2, 0.25) is 0 Å². The molecular formula is C22H23NO3S. The average molecular weight is 381 g/mol. The van der Waals surface area contributed by atoms with Gasteiger partial charge in [-0.05, 0) is 49.2 Å². The van der Waals surface area contributed by atoms with Gasteiger partial charge in [-0.1, -0.05) is 60.2 Å². The Kier molecular flexibility index (Phi) is 5.94. The average Bonchev–Trinajstić information content (AvgIpc) is 2.67. The van der Waals surface area contributed by atoms with E-state index in [1.54, 1.807) is 36.4 Å². The van der Waals surface area contributed by atoms with E-state index in [2.05, 4.69) is 24.4 Å². The van der Waals surface area contributed by atoms with Gasteiger partial charge in [-0.25, -0.2) is 0 Å². The van der Waals surface area contributed by atoms with E-state index in [1.807, 2.05) is 37.3 Å². The van der Waals surface area contributed by atoms with Crippen LogP contribution >= 0.6 is 0 Å². The maximum absolute atomic E-state index is 12.4. The number of aryl methyl sites for hydroxylation is 1. The first-order valence-electron chi connectivity index (χ1n) is 8.82. The van der Waals surface area contributed by atoms with Crippen LogP contribution in [0.4, 0.5) is 0 Å². The lowest BCUT2D eigenvalue weighted by molar-refractivity contribution is 0.485. The molecule has 27 heavy (non-hydrogen) atoms. The smallest absolute Gasteiger partial charge is 0.339 e. The summed E-state index contributed by atoms with van der Waals surface area (Å²) in [5.74, 6) is 0.301. The molecule has 4 nitrogen and oxygen atoms in total. The molecule has 0 saturated carbocycles. The van der Waals surface area contributed by atoms with Gasteiger partial charge in [-0.15, -0.1) is 0 Å². The molecule has 140 valence electrons. The predicted molar refractivity (Wildman–Crippen MR) is 107 cm³/mol. The molecule has 0 aliphatic heterocycles. The molecule has 0 heterocycles. The van der Waals surface area contributed by atoms with Crippen molar-refractivity contribution in [2.75, 3.05) is 0 Å². The molecule has 0 saturated heterocycles. The number of benzene rings is 3. The molecule has 0 aromatic heterocycles. The van der Waals surface area contributed by atoms with Crippen LogP contribution in [0.1, 0.15) is 29.7 Å². The molecule has 0 aliphatic rings. The highest BCUT2D eigenvalue weighted by atomic mass is 32.2. The molecular weight excluding hydrogens is 358 g/mol. The van der Waals surface area contributed by atoms with E-state index >= 15 is 0 Å². The third-order valence-corrected chi connectivity index (χ3v) is 5.61. The van der Waals surface area contributed by atoms with Crippen molar-refractivity contribution in [1.82, 2.24) is 5.32 Å². The van der Waals surface area contributed by atoms with Crippen molar-refractivity contribution in [3.05, 3.63) is 95.6 Å². The largest absolute Gasteiger partial charge is 0.379 e. The van der Waals surface area contributed by atoms with Crippen molar-refractivity contribution in [3.63, 3.8) is 0 Å². The summed E-state index contributed by atoms with van der Waals surface area (Å²) in [6, 6.07) is 24.0. The normalized spacial score (nSPS) is 12.5. The van der Waals surface area contributed by atoms with Crippen molar-refractivity contribution in [3.8, 4) is 5.75 Å². The van der Waals surface area contributed by atoms with Crippen molar-refractivity contribution in [2.24, 2.45) is 0 Å². The first-order chi connectivity index (χ1) is 12.9. The fraction of sp³-hybridized carbons (Fsp3) is 0.182. The lowest BCUT2D eigenvalue weighted by Crippen LogP contribution is -2.18. The van der Waals surface area contributed by atoms with Gasteiger partial charge in [-0.3, -0.25) is 0 Å². The molecule has 3 rings (SSSR count). The van der Waals surface area contributed by atoms with E-state index in [-0.39, 0.29) is 10.9 Å². The van der Waals surface area contributed by atoms with Crippen LogP contribution in [0.5, 0.6) is 5.75 Å². The second-order valence-electron chi connectivity index (χ2n) is 6.51. The minimum Gasteiger partial charge on any atom is -0.379 e. The summed E-state index contributed by atoms with van der Waals surface area (Å²) in [5.41, 5.74) is 3.27. The standard InChI is InChI=1S/C22H23NO3S/c1-17-8-14-22(15-9-17)27(24,25)26-21-12-10-20(11-13-21)18(2)23-16-19-6-4-3-5-7-19/h3-15,18,23H,16H2,1-2H3. The number of hydrogen-bond acceptors (Lipinski definition) is 4. The van der Waals surface area contributed by atoms with Gasteiger partial charge >= 0.3 is 10.1 Å². The molecule has 0 spiro atoms. The molecule has 0 aliphatic carbocycles. The summed E-state index contributed by atoms with van der Waals surface area (Å²) in [7, 11) is -3.83. The highest BCUT2D eigenvalue weighted by Crippen LogP contribution is 2.22. The zero-order valence-electron chi connectivity index (χ0n) is 15.4. The van der Waals surface area contributed by atoms with Crippen LogP contribution in [-0.2, 0) is 16.7 Å². The first kappa shape index (κ1) is 19.1. The van der Waals surface area contributed by atoms with E-state index in [0.717, 1.165) is 17.7 Å². The monoisotopic (exact) mass is 381 g/mol. The summed E-state index contributed by atoms with van der Waals surface area (Å²) in [6.07, 6.45) is 0. The number of nitrogens with one attached hydrogen (secondary N) is 1. The van der Waals surface area contributed by atoms with Gasteiger partial charge in [0.05, 0.1) is 0 Å². The lowest BCUT2D eigenvalue weighted by Gasteiger charge is -2.15. The second kappa shape index (κ2) is 8.37. The van der Waals surface area contributed by atoms with E-state index in [9.17, 15) is 8.42 Å². The summed E-state index contributed by atoms with van der Waals surface area (Å²) >= 11 is 0. The number of hydrogen-bond donors (Lipinski definition) is 1. The van der Waals surface area contributed by atoms with Gasteiger partial charge in [0.2, 0.25) is 0 Å². The Bertz CT molecular complexity index is 966. The molecule has 0 bridgehead atoms. The van der Waals surface area contributed by atoms with Gasteiger partial charge in [0.1, 0.15) is 10.6 Å². The lowest BCUT2D eigenvalue weighted by atomic mass is 10.1. The summed E-state index contributed by atoms with van der Waals surface area (Å²) < 4.78 is 30.0. The van der Waals surface area contributed by atoms with Crippen molar-refractivity contribution < 1.29 is 12.6 Å². The third-order valence-electron chi connectivity index (χ3n) is 4.35. The summed E-state index contributed by atoms with van der Waals surface area (Å²) in [5, 5.41) is 3.45. The molecule has 3 aromatic rings. The Morgan fingerprint density at radius 3 is 2.15 bits per heavy atom. The molecule has 0 radical (unpaired) electrons. The summed E-state index contributed by atoms with van der Waals surface area (Å²) in [6.45, 7) is 4.74. The SMILES string of the molecule is Cc1ccc(S(=O)(=O)Oc2ccc(C(C)NCc3ccccc3)cc2)cc1. The third kappa shape index (κ3) is 5.18. The minimum absolute atomic E-state index is 0.132. The van der Waals surface area contributed by atoms with E-state index in [0.29, 0.717) is 5.75 Å². The van der Waals surface area contributed by atoms with Gasteiger partial charge in [-0.2, -0.15) is 8.42 Å². The van der Waals surface area contributed by atoms with Crippen LogP contribution in [0.25, 0.3) is 0 Å². The van der Waals surface area contributed by atoms with Crippen LogP contribution < -0.4 is 9.50 Å². The maximum Gasteiger partial charge on any atom is 0.339 e. The molecule has 0 amide bonds. The maximum atomic E-state index is 12.4. The van der Waals surface area contributed by atoms with E-state index in [4.69, 9.17) is 4.18 Å². The molecule has 1 unspecified atom stereocenters. The topological polar surface area (TPSA) is 55.4 Å². The molecule has 5 heteroatoms. The van der Waals surface area contributed by atoms with Crippen LogP contribution in [0.15, 0.2) is 83.8 Å². The molecule has 1 N–H and O–H groups in total. The first-order valence-corrected chi connectivity index (χ1v) is 10.2. The van der Waals surface area contributed by atoms with Crippen molar-refractivity contribution in [2.45, 2.75) is 31.3 Å². The zero-order chi connectivity index (χ0) is 19.3. The second-order valence-corrected chi connectivity index (χ2v) is 8.05. The Morgan fingerprint density at radius 2 is 1.52 bits per heavy atom. The van der Waals surface area contributed by atoms with Crippen molar-refractivity contribution >= 4 is 10.1 Å². The van der Waals surface area contributed by atoms with Crippen LogP contribution in [0, 0.1) is 6.92 Å².